The van der Waals surface area contributed by atoms with Crippen molar-refractivity contribution >= 4 is 0 Å². The maximum absolute atomic E-state index is 4.29. The van der Waals surface area contributed by atoms with Crippen molar-refractivity contribution in [3.8, 4) is 0 Å². The van der Waals surface area contributed by atoms with Gasteiger partial charge in [-0.2, -0.15) is 0 Å². The summed E-state index contributed by atoms with van der Waals surface area (Å²) in [6.07, 6.45) is 6.66. The lowest BCUT2D eigenvalue weighted by atomic mass is 9.71. The highest BCUT2D eigenvalue weighted by Crippen LogP contribution is 2.40. The molecule has 0 amide bonds. The highest BCUT2D eigenvalue weighted by atomic mass is 15.2. The molecule has 4 nitrogen and oxygen atoms in total. The van der Waals surface area contributed by atoms with Crippen molar-refractivity contribution < 1.29 is 0 Å². The number of rotatable bonds is 4. The van der Waals surface area contributed by atoms with Gasteiger partial charge in [0.05, 0.1) is 0 Å². The molecule has 0 saturated carbocycles. The van der Waals surface area contributed by atoms with E-state index in [1.807, 2.05) is 19.3 Å². The molecule has 0 unspecified atom stereocenters. The van der Waals surface area contributed by atoms with Gasteiger partial charge in [-0.05, 0) is 44.2 Å². The maximum Gasteiger partial charge on any atom is 0.125 e. The Morgan fingerprint density at radius 2 is 1.71 bits per heavy atom. The molecule has 0 radical (unpaired) electrons. The highest BCUT2D eigenvalue weighted by molar-refractivity contribution is 5.06. The summed E-state index contributed by atoms with van der Waals surface area (Å²) in [5.41, 5.74) is 1.88. The van der Waals surface area contributed by atoms with Crippen LogP contribution in [0.25, 0.3) is 0 Å². The number of likely N-dealkylation sites (tertiary alicyclic amines) is 2. The van der Waals surface area contributed by atoms with Crippen LogP contribution in [0.3, 0.4) is 0 Å². The molecule has 0 N–H and O–H groups in total. The van der Waals surface area contributed by atoms with Gasteiger partial charge < -0.3 is 4.90 Å². The van der Waals surface area contributed by atoms with Crippen molar-refractivity contribution in [2.24, 2.45) is 11.3 Å². The van der Waals surface area contributed by atoms with Crippen LogP contribution < -0.4 is 0 Å². The molecule has 3 heterocycles. The van der Waals surface area contributed by atoms with Crippen molar-refractivity contribution in [1.82, 2.24) is 19.8 Å². The number of aryl methyl sites for hydroxylation is 1. The molecule has 21 heavy (non-hydrogen) atoms. The summed E-state index contributed by atoms with van der Waals surface area (Å²) in [5.74, 6) is 1.65. The third-order valence-corrected chi connectivity index (χ3v) is 4.90. The molecule has 116 valence electrons. The van der Waals surface area contributed by atoms with Gasteiger partial charge in [-0.25, -0.2) is 9.97 Å². The van der Waals surface area contributed by atoms with Gasteiger partial charge >= 0.3 is 0 Å². The Morgan fingerprint density at radius 3 is 2.29 bits per heavy atom. The molecule has 0 atom stereocenters. The average Bonchev–Trinajstić information content (AvgIpc) is 2.41. The fourth-order valence-electron chi connectivity index (χ4n) is 3.81. The molecule has 1 spiro atoms. The first-order valence-electron chi connectivity index (χ1n) is 8.27. The smallest absolute Gasteiger partial charge is 0.125 e. The van der Waals surface area contributed by atoms with Crippen LogP contribution in [0.15, 0.2) is 12.4 Å². The van der Waals surface area contributed by atoms with E-state index < -0.39 is 0 Å². The van der Waals surface area contributed by atoms with E-state index in [2.05, 4.69) is 33.6 Å². The van der Waals surface area contributed by atoms with E-state index in [1.54, 1.807) is 0 Å². The van der Waals surface area contributed by atoms with E-state index in [0.717, 1.165) is 18.3 Å². The van der Waals surface area contributed by atoms with Crippen molar-refractivity contribution in [2.75, 3.05) is 32.7 Å². The Hall–Kier alpha value is -1.00. The first-order chi connectivity index (χ1) is 10.0. The van der Waals surface area contributed by atoms with Crippen LogP contribution in [0, 0.1) is 18.3 Å². The lowest BCUT2D eigenvalue weighted by Gasteiger charge is -2.54. The molecule has 0 aromatic carbocycles. The largest absolute Gasteiger partial charge is 0.302 e. The van der Waals surface area contributed by atoms with Crippen LogP contribution in [-0.2, 0) is 6.54 Å². The van der Waals surface area contributed by atoms with E-state index in [9.17, 15) is 0 Å². The Morgan fingerprint density at radius 1 is 1.10 bits per heavy atom. The summed E-state index contributed by atoms with van der Waals surface area (Å²) >= 11 is 0. The third kappa shape index (κ3) is 3.61. The van der Waals surface area contributed by atoms with Crippen LogP contribution in [0.1, 0.15) is 38.1 Å². The summed E-state index contributed by atoms with van der Waals surface area (Å²) in [5, 5.41) is 0. The van der Waals surface area contributed by atoms with Crippen LogP contribution in [0.4, 0.5) is 0 Å². The molecule has 2 fully saturated rings. The summed E-state index contributed by atoms with van der Waals surface area (Å²) in [7, 11) is 0. The molecule has 0 aliphatic carbocycles. The molecule has 2 aliphatic rings. The molecule has 1 aromatic rings. The van der Waals surface area contributed by atoms with E-state index >= 15 is 0 Å². The Balaban J connectivity index is 1.45. The number of hydrogen-bond acceptors (Lipinski definition) is 4. The van der Waals surface area contributed by atoms with Crippen molar-refractivity contribution in [3.63, 3.8) is 0 Å². The number of nitrogens with zero attached hydrogens (tertiary/aromatic N) is 4. The van der Waals surface area contributed by atoms with Gasteiger partial charge in [0.2, 0.25) is 0 Å². The summed E-state index contributed by atoms with van der Waals surface area (Å²) < 4.78 is 0. The monoisotopic (exact) mass is 288 g/mol. The van der Waals surface area contributed by atoms with E-state index in [1.165, 1.54) is 51.1 Å². The predicted octanol–water partition coefficient (Wildman–Crippen LogP) is 2.34. The second-order valence-corrected chi connectivity index (χ2v) is 7.48. The predicted molar refractivity (Wildman–Crippen MR) is 85.0 cm³/mol. The molecular formula is C17H28N4. The standard InChI is InChI=1S/C17H28N4/c1-14(2)10-21-12-17(13-21)4-6-20(7-5-17)11-16-8-18-15(3)19-9-16/h8-9,14H,4-7,10-13H2,1-3H3. The van der Waals surface area contributed by atoms with E-state index in [0.29, 0.717) is 5.41 Å². The number of piperidine rings is 1. The fraction of sp³-hybridized carbons (Fsp3) is 0.765. The Bertz CT molecular complexity index is 452. The quantitative estimate of drug-likeness (QED) is 0.851. The SMILES string of the molecule is Cc1ncc(CN2CCC3(CC2)CN(CC(C)C)C3)cn1. The van der Waals surface area contributed by atoms with E-state index in [-0.39, 0.29) is 0 Å². The summed E-state index contributed by atoms with van der Waals surface area (Å²) in [4.78, 5) is 13.8. The minimum Gasteiger partial charge on any atom is -0.302 e. The first kappa shape index (κ1) is 14.9. The normalized spacial score (nSPS) is 22.7. The molecule has 3 rings (SSSR count). The van der Waals surface area contributed by atoms with Gasteiger partial charge in [0.25, 0.3) is 0 Å². The molecule has 1 aromatic heterocycles. The second kappa shape index (κ2) is 6.01. The maximum atomic E-state index is 4.29. The van der Waals surface area contributed by atoms with Gasteiger partial charge in [0.1, 0.15) is 5.82 Å². The lowest BCUT2D eigenvalue weighted by molar-refractivity contribution is -0.0525. The van der Waals surface area contributed by atoms with Crippen LogP contribution >= 0.6 is 0 Å². The summed E-state index contributed by atoms with van der Waals surface area (Å²) in [6.45, 7) is 14.0. The highest BCUT2D eigenvalue weighted by Gasteiger charge is 2.44. The zero-order valence-electron chi connectivity index (χ0n) is 13.7. The third-order valence-electron chi connectivity index (χ3n) is 4.90. The van der Waals surface area contributed by atoms with Gasteiger partial charge in [0.15, 0.2) is 0 Å². The molecule has 0 bridgehead atoms. The topological polar surface area (TPSA) is 32.3 Å². The van der Waals surface area contributed by atoms with Crippen molar-refractivity contribution in [2.45, 2.75) is 40.2 Å². The zero-order chi connectivity index (χ0) is 14.9. The minimum atomic E-state index is 0.634. The van der Waals surface area contributed by atoms with Gasteiger partial charge in [-0.3, -0.25) is 4.90 Å². The Kier molecular flexibility index (Phi) is 4.27. The molecule has 2 saturated heterocycles. The van der Waals surface area contributed by atoms with Crippen LogP contribution in [0.5, 0.6) is 0 Å². The fourth-order valence-corrected chi connectivity index (χ4v) is 3.81. The number of aromatic nitrogens is 2. The average molecular weight is 288 g/mol. The Labute approximate surface area is 128 Å². The van der Waals surface area contributed by atoms with Crippen LogP contribution in [0.2, 0.25) is 0 Å². The van der Waals surface area contributed by atoms with Gasteiger partial charge in [-0.15, -0.1) is 0 Å². The summed E-state index contributed by atoms with van der Waals surface area (Å²) in [6, 6.07) is 0. The first-order valence-corrected chi connectivity index (χ1v) is 8.27. The molecular weight excluding hydrogens is 260 g/mol. The van der Waals surface area contributed by atoms with Crippen LogP contribution in [-0.4, -0.2) is 52.5 Å². The lowest BCUT2D eigenvalue weighted by Crippen LogP contribution is -2.60. The molecule has 2 aliphatic heterocycles. The minimum absolute atomic E-state index is 0.634. The molecule has 4 heteroatoms. The van der Waals surface area contributed by atoms with Gasteiger partial charge in [-0.1, -0.05) is 13.8 Å². The second-order valence-electron chi connectivity index (χ2n) is 7.48. The zero-order valence-corrected chi connectivity index (χ0v) is 13.7. The van der Waals surface area contributed by atoms with Gasteiger partial charge in [0, 0.05) is 44.1 Å². The van der Waals surface area contributed by atoms with Crippen molar-refractivity contribution in [1.29, 1.82) is 0 Å². The number of hydrogen-bond donors (Lipinski definition) is 0. The van der Waals surface area contributed by atoms with E-state index in [4.69, 9.17) is 0 Å². The van der Waals surface area contributed by atoms with Crippen molar-refractivity contribution in [3.05, 3.63) is 23.8 Å².